The van der Waals surface area contributed by atoms with Gasteiger partial charge in [0, 0.05) is 23.1 Å². The number of carbonyl (C=O) groups excluding carboxylic acids is 1. The molecule has 0 spiro atoms. The first-order chi connectivity index (χ1) is 12.2. The molecule has 1 heterocycles. The minimum absolute atomic E-state index is 0.0585. The highest BCUT2D eigenvalue weighted by Crippen LogP contribution is 2.25. The lowest BCUT2D eigenvalue weighted by molar-refractivity contribution is -0.116. The fourth-order valence-electron chi connectivity index (χ4n) is 2.70. The van der Waals surface area contributed by atoms with Gasteiger partial charge in [0.05, 0.1) is 19.6 Å². The summed E-state index contributed by atoms with van der Waals surface area (Å²) in [5.74, 6) is 0.734. The van der Waals surface area contributed by atoms with Crippen LogP contribution in [0.1, 0.15) is 18.0 Å². The van der Waals surface area contributed by atoms with Crippen LogP contribution in [-0.2, 0) is 4.79 Å². The van der Waals surface area contributed by atoms with Gasteiger partial charge in [0.15, 0.2) is 0 Å². The number of amides is 1. The topological polar surface area (TPSA) is 43.3 Å². The Morgan fingerprint density at radius 3 is 2.32 bits per heavy atom. The number of hydrogen-bond donors (Lipinski definition) is 1. The lowest BCUT2D eigenvalue weighted by Gasteiger charge is -2.19. The van der Waals surface area contributed by atoms with Gasteiger partial charge in [-0.15, -0.1) is 0 Å². The highest BCUT2D eigenvalue weighted by molar-refractivity contribution is 6.30. The number of ether oxygens (including phenoxy) is 1. The van der Waals surface area contributed by atoms with E-state index in [1.165, 1.54) is 0 Å². The van der Waals surface area contributed by atoms with Gasteiger partial charge >= 0.3 is 0 Å². The van der Waals surface area contributed by atoms with Crippen LogP contribution in [0.4, 0.5) is 5.69 Å². The molecule has 3 rings (SSSR count). The van der Waals surface area contributed by atoms with E-state index in [1.807, 2.05) is 53.4 Å². The molecular weight excluding hydrogens is 336 g/mol. The monoisotopic (exact) mass is 354 g/mol. The second kappa shape index (κ2) is 7.90. The Kier molecular flexibility index (Phi) is 5.41. The van der Waals surface area contributed by atoms with Crippen molar-refractivity contribution in [3.8, 4) is 5.75 Å². The van der Waals surface area contributed by atoms with Gasteiger partial charge in [-0.25, -0.2) is 0 Å². The van der Waals surface area contributed by atoms with Crippen LogP contribution in [0.2, 0.25) is 5.02 Å². The second-order valence-electron chi connectivity index (χ2n) is 5.68. The standard InChI is InChI=1S/C20H19ClN2O2/c1-25-18-10-4-15(5-11-18)19(23-12-2-3-13-23)14-20(24)22-17-8-6-16(21)7-9-17/h2-13,19H,14H2,1H3,(H,22,24)/t19-/m0/s1. The van der Waals surface area contributed by atoms with Gasteiger partial charge in [-0.05, 0) is 54.1 Å². The van der Waals surface area contributed by atoms with Crippen LogP contribution in [0.15, 0.2) is 73.1 Å². The van der Waals surface area contributed by atoms with Gasteiger partial charge < -0.3 is 14.6 Å². The fraction of sp³-hybridized carbons (Fsp3) is 0.150. The molecule has 0 aliphatic rings. The lowest BCUT2D eigenvalue weighted by atomic mass is 10.0. The molecule has 1 aromatic heterocycles. The fourth-order valence-corrected chi connectivity index (χ4v) is 2.82. The van der Waals surface area contributed by atoms with E-state index in [9.17, 15) is 4.79 Å². The molecule has 1 amide bonds. The van der Waals surface area contributed by atoms with Crippen molar-refractivity contribution in [2.24, 2.45) is 0 Å². The van der Waals surface area contributed by atoms with Crippen molar-refractivity contribution < 1.29 is 9.53 Å². The van der Waals surface area contributed by atoms with Crippen LogP contribution >= 0.6 is 11.6 Å². The molecule has 3 aromatic rings. The van der Waals surface area contributed by atoms with E-state index in [0.29, 0.717) is 11.4 Å². The summed E-state index contributed by atoms with van der Waals surface area (Å²) in [5.41, 5.74) is 1.78. The van der Waals surface area contributed by atoms with Crippen LogP contribution in [-0.4, -0.2) is 17.6 Å². The molecule has 128 valence electrons. The maximum Gasteiger partial charge on any atom is 0.226 e. The van der Waals surface area contributed by atoms with E-state index in [4.69, 9.17) is 16.3 Å². The van der Waals surface area contributed by atoms with Crippen LogP contribution in [0.3, 0.4) is 0 Å². The summed E-state index contributed by atoms with van der Waals surface area (Å²) < 4.78 is 7.24. The molecule has 0 fully saturated rings. The van der Waals surface area contributed by atoms with Crippen molar-refractivity contribution in [1.82, 2.24) is 4.57 Å². The van der Waals surface area contributed by atoms with E-state index in [2.05, 4.69) is 5.32 Å². The summed E-state index contributed by atoms with van der Waals surface area (Å²) >= 11 is 5.88. The molecule has 2 aromatic carbocycles. The SMILES string of the molecule is COc1ccc([C@H](CC(=O)Nc2ccc(Cl)cc2)n2cccc2)cc1. The minimum Gasteiger partial charge on any atom is -0.497 e. The van der Waals surface area contributed by atoms with Crippen molar-refractivity contribution in [2.75, 3.05) is 12.4 Å². The van der Waals surface area contributed by atoms with Gasteiger partial charge in [-0.1, -0.05) is 23.7 Å². The molecule has 0 aliphatic carbocycles. The Labute approximate surface area is 152 Å². The summed E-state index contributed by atoms with van der Waals surface area (Å²) in [6, 6.07) is 18.7. The number of nitrogens with one attached hydrogen (secondary N) is 1. The van der Waals surface area contributed by atoms with E-state index in [0.717, 1.165) is 17.0 Å². The van der Waals surface area contributed by atoms with Gasteiger partial charge in [0.1, 0.15) is 5.75 Å². The molecule has 0 bridgehead atoms. The summed E-state index contributed by atoms with van der Waals surface area (Å²) in [6.45, 7) is 0. The van der Waals surface area contributed by atoms with Crippen LogP contribution in [0, 0.1) is 0 Å². The molecule has 0 radical (unpaired) electrons. The largest absolute Gasteiger partial charge is 0.497 e. The number of halogens is 1. The van der Waals surface area contributed by atoms with Crippen molar-refractivity contribution in [2.45, 2.75) is 12.5 Å². The number of methoxy groups -OCH3 is 1. The Balaban J connectivity index is 1.77. The predicted octanol–water partition coefficient (Wildman–Crippen LogP) is 4.77. The van der Waals surface area contributed by atoms with Crippen molar-refractivity contribution in [1.29, 1.82) is 0 Å². The number of aromatic nitrogens is 1. The van der Waals surface area contributed by atoms with Gasteiger partial charge in [0.25, 0.3) is 0 Å². The van der Waals surface area contributed by atoms with Crippen LogP contribution < -0.4 is 10.1 Å². The number of rotatable bonds is 6. The van der Waals surface area contributed by atoms with Crippen LogP contribution in [0.25, 0.3) is 0 Å². The van der Waals surface area contributed by atoms with Crippen molar-refractivity contribution in [3.63, 3.8) is 0 Å². The Hall–Kier alpha value is -2.72. The van der Waals surface area contributed by atoms with E-state index < -0.39 is 0 Å². The Morgan fingerprint density at radius 2 is 1.72 bits per heavy atom. The first-order valence-corrected chi connectivity index (χ1v) is 8.35. The smallest absolute Gasteiger partial charge is 0.226 e. The highest BCUT2D eigenvalue weighted by atomic mass is 35.5. The molecule has 4 nitrogen and oxygen atoms in total. The van der Waals surface area contributed by atoms with Gasteiger partial charge in [0.2, 0.25) is 5.91 Å². The molecule has 0 saturated heterocycles. The maximum atomic E-state index is 12.5. The first-order valence-electron chi connectivity index (χ1n) is 7.97. The van der Waals surface area contributed by atoms with E-state index >= 15 is 0 Å². The van der Waals surface area contributed by atoms with Crippen LogP contribution in [0.5, 0.6) is 5.75 Å². The summed E-state index contributed by atoms with van der Waals surface area (Å²) in [5, 5.41) is 3.56. The zero-order valence-corrected chi connectivity index (χ0v) is 14.6. The number of anilines is 1. The molecule has 0 unspecified atom stereocenters. The Morgan fingerprint density at radius 1 is 1.08 bits per heavy atom. The third kappa shape index (κ3) is 4.43. The quantitative estimate of drug-likeness (QED) is 0.693. The predicted molar refractivity (Wildman–Crippen MR) is 100 cm³/mol. The number of nitrogens with zero attached hydrogens (tertiary/aromatic N) is 1. The number of carbonyl (C=O) groups is 1. The maximum absolute atomic E-state index is 12.5. The average Bonchev–Trinajstić information content (AvgIpc) is 3.16. The molecule has 1 atom stereocenters. The zero-order chi connectivity index (χ0) is 17.6. The number of hydrogen-bond acceptors (Lipinski definition) is 2. The van der Waals surface area contributed by atoms with Crippen molar-refractivity contribution in [3.05, 3.63) is 83.6 Å². The molecule has 5 heteroatoms. The van der Waals surface area contributed by atoms with Crippen molar-refractivity contribution >= 4 is 23.2 Å². The minimum atomic E-state index is -0.0896. The molecule has 25 heavy (non-hydrogen) atoms. The van der Waals surface area contributed by atoms with Gasteiger partial charge in [-0.3, -0.25) is 4.79 Å². The van der Waals surface area contributed by atoms with Gasteiger partial charge in [-0.2, -0.15) is 0 Å². The summed E-state index contributed by atoms with van der Waals surface area (Å²) in [7, 11) is 1.64. The molecule has 0 saturated carbocycles. The zero-order valence-electron chi connectivity index (χ0n) is 13.9. The average molecular weight is 355 g/mol. The van der Waals surface area contributed by atoms with E-state index in [-0.39, 0.29) is 11.9 Å². The highest BCUT2D eigenvalue weighted by Gasteiger charge is 2.17. The lowest BCUT2D eigenvalue weighted by Crippen LogP contribution is -2.19. The summed E-state index contributed by atoms with van der Waals surface area (Å²) in [6.07, 6.45) is 4.25. The molecule has 0 aliphatic heterocycles. The molecular formula is C20H19ClN2O2. The summed E-state index contributed by atoms with van der Waals surface area (Å²) in [4.78, 5) is 12.5. The second-order valence-corrected chi connectivity index (χ2v) is 6.11. The normalized spacial score (nSPS) is 11.8. The Bertz CT molecular complexity index is 812. The third-order valence-corrected chi connectivity index (χ3v) is 4.25. The van der Waals surface area contributed by atoms with E-state index in [1.54, 1.807) is 31.4 Å². The number of benzene rings is 2. The first kappa shape index (κ1) is 17.1. The molecule has 1 N–H and O–H groups in total. The third-order valence-electron chi connectivity index (χ3n) is 3.99.